The molecule has 0 amide bonds. The molecular weight excluding hydrogens is 278 g/mol. The molecule has 0 bridgehead atoms. The lowest BCUT2D eigenvalue weighted by Gasteiger charge is -2.31. The van der Waals surface area contributed by atoms with Crippen LogP contribution in [0, 0.1) is 0 Å². The first-order valence-corrected chi connectivity index (χ1v) is 8.23. The first-order chi connectivity index (χ1) is 9.57. The normalized spacial score (nSPS) is 21.0. The van der Waals surface area contributed by atoms with Gasteiger partial charge in [0, 0.05) is 25.8 Å². The minimum absolute atomic E-state index is 0.0258. The Labute approximate surface area is 120 Å². The van der Waals surface area contributed by atoms with Gasteiger partial charge in [-0.05, 0) is 25.1 Å². The molecule has 1 aliphatic heterocycles. The lowest BCUT2D eigenvalue weighted by molar-refractivity contribution is -0.00284. The van der Waals surface area contributed by atoms with Gasteiger partial charge in [0.1, 0.15) is 0 Å². The fraction of sp³-hybridized carbons (Fsp3) is 0.615. The predicted octanol–water partition coefficient (Wildman–Crippen LogP) is 0.601. The zero-order valence-electron chi connectivity index (χ0n) is 11.9. The molecule has 1 aromatic heterocycles. The van der Waals surface area contributed by atoms with E-state index in [1.54, 1.807) is 18.3 Å². The average molecular weight is 299 g/mol. The lowest BCUT2D eigenvalue weighted by Crippen LogP contribution is -2.45. The van der Waals surface area contributed by atoms with Gasteiger partial charge in [0.25, 0.3) is 10.0 Å². The van der Waals surface area contributed by atoms with Crippen LogP contribution in [0.1, 0.15) is 18.9 Å². The summed E-state index contributed by atoms with van der Waals surface area (Å²) in [4.78, 5) is 4.08. The number of nitrogens with zero attached hydrogens (tertiary/aromatic N) is 2. The Morgan fingerprint density at radius 1 is 1.50 bits per heavy atom. The lowest BCUT2D eigenvalue weighted by atomic mass is 10.2. The number of nitrogens with one attached hydrogen (secondary N) is 1. The number of ether oxygens (including phenoxy) is 1. The van der Waals surface area contributed by atoms with Crippen molar-refractivity contribution in [1.82, 2.24) is 14.6 Å². The van der Waals surface area contributed by atoms with Gasteiger partial charge < -0.3 is 10.1 Å². The maximum absolute atomic E-state index is 12.5. The minimum Gasteiger partial charge on any atom is -0.375 e. The van der Waals surface area contributed by atoms with Crippen LogP contribution in [0.25, 0.3) is 0 Å². The van der Waals surface area contributed by atoms with Gasteiger partial charge in [-0.25, -0.2) is 13.4 Å². The molecule has 1 unspecified atom stereocenters. The summed E-state index contributed by atoms with van der Waals surface area (Å²) in [5.41, 5.74) is 0.958. The maximum Gasteiger partial charge on any atom is 0.260 e. The SMILES string of the molecule is CCC1CN(S(=O)(=O)c2ccc(CNC)cn2)CCO1. The third-order valence-corrected chi connectivity index (χ3v) is 5.12. The molecule has 0 aliphatic carbocycles. The molecule has 112 valence electrons. The van der Waals surface area contributed by atoms with Gasteiger partial charge in [-0.1, -0.05) is 13.0 Å². The van der Waals surface area contributed by atoms with Crippen molar-refractivity contribution in [3.05, 3.63) is 23.9 Å². The van der Waals surface area contributed by atoms with Crippen LogP contribution >= 0.6 is 0 Å². The van der Waals surface area contributed by atoms with E-state index in [0.717, 1.165) is 12.0 Å². The molecule has 1 fully saturated rings. The topological polar surface area (TPSA) is 71.5 Å². The van der Waals surface area contributed by atoms with Crippen LogP contribution in [0.2, 0.25) is 0 Å². The quantitative estimate of drug-likeness (QED) is 0.862. The number of aromatic nitrogens is 1. The Bertz CT molecular complexity index is 530. The maximum atomic E-state index is 12.5. The molecule has 1 atom stereocenters. The summed E-state index contributed by atoms with van der Waals surface area (Å²) in [6.45, 7) is 3.89. The Hall–Kier alpha value is -1.02. The van der Waals surface area contributed by atoms with Gasteiger partial charge in [-0.2, -0.15) is 4.31 Å². The molecule has 0 spiro atoms. The molecule has 1 N–H and O–H groups in total. The van der Waals surface area contributed by atoms with E-state index in [4.69, 9.17) is 4.74 Å². The highest BCUT2D eigenvalue weighted by molar-refractivity contribution is 7.89. The second-order valence-electron chi connectivity index (χ2n) is 4.80. The van der Waals surface area contributed by atoms with E-state index >= 15 is 0 Å². The first-order valence-electron chi connectivity index (χ1n) is 6.79. The number of hydrogen-bond donors (Lipinski definition) is 1. The van der Waals surface area contributed by atoms with Gasteiger partial charge in [-0.3, -0.25) is 0 Å². The molecule has 6 nitrogen and oxygen atoms in total. The monoisotopic (exact) mass is 299 g/mol. The Morgan fingerprint density at radius 3 is 2.90 bits per heavy atom. The van der Waals surface area contributed by atoms with Crippen molar-refractivity contribution in [2.45, 2.75) is 31.0 Å². The fourth-order valence-corrected chi connectivity index (χ4v) is 3.53. The number of sulfonamides is 1. The molecule has 2 rings (SSSR count). The zero-order valence-corrected chi connectivity index (χ0v) is 12.7. The molecule has 7 heteroatoms. The first kappa shape index (κ1) is 15.4. The number of morpholine rings is 1. The van der Waals surface area contributed by atoms with Crippen LogP contribution < -0.4 is 5.32 Å². The summed E-state index contributed by atoms with van der Waals surface area (Å²) in [6.07, 6.45) is 2.38. The molecule has 0 saturated carbocycles. The van der Waals surface area contributed by atoms with Gasteiger partial charge in [0.15, 0.2) is 5.03 Å². The number of pyridine rings is 1. The van der Waals surface area contributed by atoms with Crippen LogP contribution in [0.3, 0.4) is 0 Å². The highest BCUT2D eigenvalue weighted by Gasteiger charge is 2.30. The van der Waals surface area contributed by atoms with E-state index in [1.165, 1.54) is 4.31 Å². The third kappa shape index (κ3) is 3.35. The van der Waals surface area contributed by atoms with E-state index in [1.807, 2.05) is 14.0 Å². The van der Waals surface area contributed by atoms with E-state index in [9.17, 15) is 8.42 Å². The molecular formula is C13H21N3O3S. The van der Waals surface area contributed by atoms with Crippen molar-refractivity contribution in [2.75, 3.05) is 26.7 Å². The van der Waals surface area contributed by atoms with Crippen LogP contribution in [0.5, 0.6) is 0 Å². The van der Waals surface area contributed by atoms with Gasteiger partial charge in [-0.15, -0.1) is 0 Å². The fourth-order valence-electron chi connectivity index (χ4n) is 2.16. The zero-order chi connectivity index (χ0) is 14.6. The van der Waals surface area contributed by atoms with Crippen molar-refractivity contribution in [3.63, 3.8) is 0 Å². The second-order valence-corrected chi connectivity index (χ2v) is 6.68. The summed E-state index contributed by atoms with van der Waals surface area (Å²) in [6, 6.07) is 3.35. The summed E-state index contributed by atoms with van der Waals surface area (Å²) >= 11 is 0. The van der Waals surface area contributed by atoms with E-state index in [0.29, 0.717) is 26.2 Å². The largest absolute Gasteiger partial charge is 0.375 e. The number of rotatable bonds is 5. The van der Waals surface area contributed by atoms with Gasteiger partial charge >= 0.3 is 0 Å². The molecule has 1 aliphatic rings. The molecule has 0 aromatic carbocycles. The standard InChI is InChI=1S/C13H21N3O3S/c1-3-12-10-16(6-7-19-12)20(17,18)13-5-4-11(8-14-2)9-15-13/h4-5,9,12,14H,3,6-8,10H2,1-2H3. The molecule has 1 aromatic rings. The Morgan fingerprint density at radius 2 is 2.30 bits per heavy atom. The summed E-state index contributed by atoms with van der Waals surface area (Å²) < 4.78 is 32.0. The van der Waals surface area contributed by atoms with Crippen molar-refractivity contribution in [2.24, 2.45) is 0 Å². The summed E-state index contributed by atoms with van der Waals surface area (Å²) in [7, 11) is -1.68. The number of hydrogen-bond acceptors (Lipinski definition) is 5. The van der Waals surface area contributed by atoms with E-state index < -0.39 is 10.0 Å². The second kappa shape index (κ2) is 6.62. The molecule has 2 heterocycles. The van der Waals surface area contributed by atoms with Crippen LogP contribution in [0.15, 0.2) is 23.4 Å². The molecule has 20 heavy (non-hydrogen) atoms. The van der Waals surface area contributed by atoms with E-state index in [2.05, 4.69) is 10.3 Å². The van der Waals surface area contributed by atoms with Crippen molar-refractivity contribution in [3.8, 4) is 0 Å². The predicted molar refractivity (Wildman–Crippen MR) is 75.8 cm³/mol. The van der Waals surface area contributed by atoms with Crippen LogP contribution in [0.4, 0.5) is 0 Å². The third-order valence-electron chi connectivity index (χ3n) is 3.34. The Kier molecular flexibility index (Phi) is 5.09. The Balaban J connectivity index is 2.16. The smallest absolute Gasteiger partial charge is 0.260 e. The minimum atomic E-state index is -3.51. The highest BCUT2D eigenvalue weighted by atomic mass is 32.2. The molecule has 1 saturated heterocycles. The molecule has 0 radical (unpaired) electrons. The van der Waals surface area contributed by atoms with Crippen molar-refractivity contribution >= 4 is 10.0 Å². The van der Waals surface area contributed by atoms with Gasteiger partial charge in [0.05, 0.1) is 12.7 Å². The van der Waals surface area contributed by atoms with Crippen LogP contribution in [-0.2, 0) is 21.3 Å². The van der Waals surface area contributed by atoms with Crippen molar-refractivity contribution in [1.29, 1.82) is 0 Å². The summed E-state index contributed by atoms with van der Waals surface area (Å²) in [5.74, 6) is 0. The van der Waals surface area contributed by atoms with Gasteiger partial charge in [0.2, 0.25) is 0 Å². The van der Waals surface area contributed by atoms with Crippen molar-refractivity contribution < 1.29 is 13.2 Å². The van der Waals surface area contributed by atoms with Crippen LogP contribution in [-0.4, -0.2) is 50.6 Å². The summed E-state index contributed by atoms with van der Waals surface area (Å²) in [5, 5.41) is 3.11. The highest BCUT2D eigenvalue weighted by Crippen LogP contribution is 2.18. The van der Waals surface area contributed by atoms with E-state index in [-0.39, 0.29) is 11.1 Å². The average Bonchev–Trinajstić information content (AvgIpc) is 2.48.